The third kappa shape index (κ3) is 2.14. The number of aromatic nitrogens is 2. The SMILES string of the molecule is NC(=O)c1ccccc1NC(=O)c1[nH]ncc1N. The second kappa shape index (κ2) is 4.58. The van der Waals surface area contributed by atoms with Gasteiger partial charge in [0.2, 0.25) is 0 Å². The molecule has 2 rings (SSSR count). The first kappa shape index (κ1) is 11.6. The van der Waals surface area contributed by atoms with Crippen molar-refractivity contribution < 1.29 is 9.59 Å². The van der Waals surface area contributed by atoms with E-state index >= 15 is 0 Å². The van der Waals surface area contributed by atoms with Crippen LogP contribution in [0.25, 0.3) is 0 Å². The lowest BCUT2D eigenvalue weighted by atomic mass is 10.1. The van der Waals surface area contributed by atoms with E-state index in [2.05, 4.69) is 15.5 Å². The molecule has 0 unspecified atom stereocenters. The Morgan fingerprint density at radius 2 is 2.00 bits per heavy atom. The lowest BCUT2D eigenvalue weighted by Gasteiger charge is -2.07. The number of carbonyl (C=O) groups is 2. The average molecular weight is 245 g/mol. The molecule has 0 aliphatic carbocycles. The molecule has 0 saturated carbocycles. The summed E-state index contributed by atoms with van der Waals surface area (Å²) in [5.41, 5.74) is 11.7. The molecule has 0 bridgehead atoms. The number of rotatable bonds is 3. The van der Waals surface area contributed by atoms with Crippen LogP contribution >= 0.6 is 0 Å². The predicted molar refractivity (Wildman–Crippen MR) is 65.9 cm³/mol. The van der Waals surface area contributed by atoms with Crippen molar-refractivity contribution in [2.45, 2.75) is 0 Å². The molecule has 0 aliphatic heterocycles. The highest BCUT2D eigenvalue weighted by Crippen LogP contribution is 2.16. The third-order valence-corrected chi connectivity index (χ3v) is 2.34. The minimum Gasteiger partial charge on any atom is -0.396 e. The zero-order valence-electron chi connectivity index (χ0n) is 9.31. The topological polar surface area (TPSA) is 127 Å². The van der Waals surface area contributed by atoms with Gasteiger partial charge in [-0.25, -0.2) is 0 Å². The number of nitrogens with two attached hydrogens (primary N) is 2. The second-order valence-electron chi connectivity index (χ2n) is 3.56. The maximum atomic E-state index is 11.9. The maximum absolute atomic E-state index is 11.9. The zero-order chi connectivity index (χ0) is 13.1. The van der Waals surface area contributed by atoms with Gasteiger partial charge in [0.1, 0.15) is 5.69 Å². The van der Waals surface area contributed by atoms with Gasteiger partial charge in [0, 0.05) is 0 Å². The number of hydrogen-bond acceptors (Lipinski definition) is 4. The standard InChI is InChI=1S/C11H11N5O2/c12-7-5-14-16-9(7)11(18)15-8-4-2-1-3-6(8)10(13)17/h1-5H,12H2,(H2,13,17)(H,14,16)(H,15,18). The van der Waals surface area contributed by atoms with Crippen molar-refractivity contribution >= 4 is 23.2 Å². The second-order valence-corrected chi connectivity index (χ2v) is 3.56. The molecule has 0 radical (unpaired) electrons. The van der Waals surface area contributed by atoms with Crippen LogP contribution in [0, 0.1) is 0 Å². The highest BCUT2D eigenvalue weighted by atomic mass is 16.2. The van der Waals surface area contributed by atoms with Gasteiger partial charge in [0.25, 0.3) is 11.8 Å². The number of amides is 2. The van der Waals surface area contributed by atoms with Crippen LogP contribution in [0.1, 0.15) is 20.8 Å². The van der Waals surface area contributed by atoms with Gasteiger partial charge in [-0.1, -0.05) is 12.1 Å². The van der Waals surface area contributed by atoms with Crippen molar-refractivity contribution in [2.24, 2.45) is 5.73 Å². The molecule has 1 aromatic heterocycles. The van der Waals surface area contributed by atoms with Crippen LogP contribution in [-0.4, -0.2) is 22.0 Å². The van der Waals surface area contributed by atoms with Crippen LogP contribution in [-0.2, 0) is 0 Å². The lowest BCUT2D eigenvalue weighted by Crippen LogP contribution is -2.19. The molecule has 7 nitrogen and oxygen atoms in total. The summed E-state index contributed by atoms with van der Waals surface area (Å²) in [6.07, 6.45) is 1.33. The number of carbonyl (C=O) groups excluding carboxylic acids is 2. The number of anilines is 2. The fraction of sp³-hybridized carbons (Fsp3) is 0. The summed E-state index contributed by atoms with van der Waals surface area (Å²) in [5, 5.41) is 8.65. The number of hydrogen-bond donors (Lipinski definition) is 4. The fourth-order valence-corrected chi connectivity index (χ4v) is 1.47. The smallest absolute Gasteiger partial charge is 0.275 e. The molecule has 1 heterocycles. The van der Waals surface area contributed by atoms with Crippen LogP contribution in [0.5, 0.6) is 0 Å². The molecule has 0 saturated heterocycles. The molecular formula is C11H11N5O2. The first-order chi connectivity index (χ1) is 8.59. The van der Waals surface area contributed by atoms with E-state index in [-0.39, 0.29) is 16.9 Å². The van der Waals surface area contributed by atoms with Gasteiger partial charge in [0.15, 0.2) is 0 Å². The number of primary amides is 1. The highest BCUT2D eigenvalue weighted by Gasteiger charge is 2.14. The first-order valence-corrected chi connectivity index (χ1v) is 5.08. The molecule has 2 amide bonds. The van der Waals surface area contributed by atoms with Crippen LogP contribution in [0.15, 0.2) is 30.5 Å². The Labute approximate surface area is 102 Å². The van der Waals surface area contributed by atoms with Crippen LogP contribution in [0.2, 0.25) is 0 Å². The van der Waals surface area contributed by atoms with Crippen LogP contribution < -0.4 is 16.8 Å². The Morgan fingerprint density at radius 3 is 2.61 bits per heavy atom. The van der Waals surface area contributed by atoms with Gasteiger partial charge in [-0.15, -0.1) is 0 Å². The third-order valence-electron chi connectivity index (χ3n) is 2.34. The number of aromatic amines is 1. The van der Waals surface area contributed by atoms with E-state index in [0.29, 0.717) is 5.69 Å². The molecular weight excluding hydrogens is 234 g/mol. The van der Waals surface area contributed by atoms with Gasteiger partial charge in [-0.05, 0) is 12.1 Å². The van der Waals surface area contributed by atoms with E-state index in [4.69, 9.17) is 11.5 Å². The van der Waals surface area contributed by atoms with Gasteiger partial charge in [-0.3, -0.25) is 14.7 Å². The molecule has 18 heavy (non-hydrogen) atoms. The monoisotopic (exact) mass is 245 g/mol. The van der Waals surface area contributed by atoms with Crippen molar-refractivity contribution in [2.75, 3.05) is 11.1 Å². The largest absolute Gasteiger partial charge is 0.396 e. The average Bonchev–Trinajstić information content (AvgIpc) is 2.76. The van der Waals surface area contributed by atoms with Crippen molar-refractivity contribution in [1.82, 2.24) is 10.2 Å². The molecule has 0 fully saturated rings. The molecule has 0 atom stereocenters. The predicted octanol–water partition coefficient (Wildman–Crippen LogP) is 0.343. The number of H-pyrrole nitrogens is 1. The van der Waals surface area contributed by atoms with Crippen LogP contribution in [0.3, 0.4) is 0 Å². The highest BCUT2D eigenvalue weighted by molar-refractivity contribution is 6.09. The number of para-hydroxylation sites is 1. The quantitative estimate of drug-likeness (QED) is 0.621. The summed E-state index contributed by atoms with van der Waals surface area (Å²) in [6.45, 7) is 0. The van der Waals surface area contributed by atoms with E-state index in [0.717, 1.165) is 0 Å². The fourth-order valence-electron chi connectivity index (χ4n) is 1.47. The number of nitrogens with zero attached hydrogens (tertiary/aromatic N) is 1. The van der Waals surface area contributed by atoms with Gasteiger partial charge in [0.05, 0.1) is 23.1 Å². The van der Waals surface area contributed by atoms with E-state index < -0.39 is 11.8 Å². The van der Waals surface area contributed by atoms with Gasteiger partial charge >= 0.3 is 0 Å². The van der Waals surface area contributed by atoms with Crippen molar-refractivity contribution in [1.29, 1.82) is 0 Å². The van der Waals surface area contributed by atoms with Crippen molar-refractivity contribution in [3.8, 4) is 0 Å². The zero-order valence-corrected chi connectivity index (χ0v) is 9.31. The summed E-state index contributed by atoms with van der Waals surface area (Å²) >= 11 is 0. The van der Waals surface area contributed by atoms with E-state index in [1.54, 1.807) is 18.2 Å². The molecule has 7 heteroatoms. The van der Waals surface area contributed by atoms with Crippen LogP contribution in [0.4, 0.5) is 11.4 Å². The molecule has 92 valence electrons. The number of nitrogen functional groups attached to an aromatic ring is 1. The van der Waals surface area contributed by atoms with Crippen molar-refractivity contribution in [3.63, 3.8) is 0 Å². The summed E-state index contributed by atoms with van der Waals surface area (Å²) in [7, 11) is 0. The summed E-state index contributed by atoms with van der Waals surface area (Å²) < 4.78 is 0. The summed E-state index contributed by atoms with van der Waals surface area (Å²) in [6, 6.07) is 6.43. The Bertz CT molecular complexity index is 605. The summed E-state index contributed by atoms with van der Waals surface area (Å²) in [4.78, 5) is 23.0. The molecule has 1 aromatic carbocycles. The molecule has 6 N–H and O–H groups in total. The Balaban J connectivity index is 2.28. The van der Waals surface area contributed by atoms with Gasteiger partial charge < -0.3 is 16.8 Å². The molecule has 0 spiro atoms. The normalized spacial score (nSPS) is 10.0. The lowest BCUT2D eigenvalue weighted by molar-refractivity contribution is 0.100. The van der Waals surface area contributed by atoms with Gasteiger partial charge in [-0.2, -0.15) is 5.10 Å². The molecule has 0 aliphatic rings. The number of nitrogens with one attached hydrogen (secondary N) is 2. The molecule has 2 aromatic rings. The van der Waals surface area contributed by atoms with E-state index in [1.165, 1.54) is 12.3 Å². The first-order valence-electron chi connectivity index (χ1n) is 5.08. The minimum absolute atomic E-state index is 0.134. The van der Waals surface area contributed by atoms with E-state index in [1.807, 2.05) is 0 Å². The van der Waals surface area contributed by atoms with E-state index in [9.17, 15) is 9.59 Å². The maximum Gasteiger partial charge on any atom is 0.275 e. The van der Waals surface area contributed by atoms with Crippen molar-refractivity contribution in [3.05, 3.63) is 41.7 Å². The Hall–Kier alpha value is -2.83. The summed E-state index contributed by atoms with van der Waals surface area (Å²) in [5.74, 6) is -1.11. The Morgan fingerprint density at radius 1 is 1.28 bits per heavy atom. The Kier molecular flexibility index (Phi) is 2.96. The number of benzene rings is 1. The minimum atomic E-state index is -0.622.